The zero-order valence-corrected chi connectivity index (χ0v) is 19.3. The van der Waals surface area contributed by atoms with E-state index in [-0.39, 0.29) is 29.3 Å². The summed E-state index contributed by atoms with van der Waals surface area (Å²) in [4.78, 5) is 13.7. The molecule has 0 saturated heterocycles. The maximum absolute atomic E-state index is 13.7. The van der Waals surface area contributed by atoms with Gasteiger partial charge in [-0.1, -0.05) is 60.7 Å². The monoisotopic (exact) mass is 479 g/mol. The van der Waals surface area contributed by atoms with Crippen molar-refractivity contribution >= 4 is 5.91 Å². The predicted molar refractivity (Wildman–Crippen MR) is 136 cm³/mol. The second-order valence-electron chi connectivity index (χ2n) is 8.44. The molecule has 0 spiro atoms. The van der Waals surface area contributed by atoms with Crippen molar-refractivity contribution in [3.63, 3.8) is 0 Å². The molecular weight excluding hydrogens is 456 g/mol. The Bertz CT molecular complexity index is 1450. The summed E-state index contributed by atoms with van der Waals surface area (Å²) in [6.07, 6.45) is 0.603. The molecule has 0 bridgehead atoms. The molecule has 5 aromatic rings. The van der Waals surface area contributed by atoms with Crippen LogP contribution in [0.2, 0.25) is 0 Å². The summed E-state index contributed by atoms with van der Waals surface area (Å²) in [6, 6.07) is 32.8. The first-order valence-electron chi connectivity index (χ1n) is 11.6. The number of hydrogen-bond donors (Lipinski definition) is 1. The molecule has 5 rings (SSSR count). The van der Waals surface area contributed by atoms with Crippen molar-refractivity contribution < 1.29 is 13.6 Å². The predicted octanol–water partition coefficient (Wildman–Crippen LogP) is 6.53. The van der Waals surface area contributed by atoms with Crippen molar-refractivity contribution in [1.29, 1.82) is 0 Å². The number of nitrogens with zero attached hydrogens (tertiary/aromatic N) is 2. The number of rotatable bonds is 7. The minimum absolute atomic E-state index is 0.285. The molecule has 4 aromatic carbocycles. The van der Waals surface area contributed by atoms with Crippen LogP contribution in [-0.2, 0) is 6.42 Å². The molecule has 0 aliphatic carbocycles. The van der Waals surface area contributed by atoms with E-state index in [1.54, 1.807) is 30.3 Å². The van der Waals surface area contributed by atoms with Gasteiger partial charge in [0.25, 0.3) is 5.91 Å². The third-order valence-corrected chi connectivity index (χ3v) is 5.94. The summed E-state index contributed by atoms with van der Waals surface area (Å²) in [7, 11) is 0. The number of halogens is 2. The highest BCUT2D eigenvalue weighted by Gasteiger charge is 2.22. The first kappa shape index (κ1) is 23.2. The van der Waals surface area contributed by atoms with Crippen LogP contribution < -0.4 is 5.32 Å². The van der Waals surface area contributed by atoms with Crippen LogP contribution in [0, 0.1) is 11.6 Å². The average molecular weight is 480 g/mol. The summed E-state index contributed by atoms with van der Waals surface area (Å²) in [6.45, 7) is 0. The van der Waals surface area contributed by atoms with Crippen LogP contribution in [0.15, 0.2) is 115 Å². The van der Waals surface area contributed by atoms with E-state index in [4.69, 9.17) is 0 Å². The molecule has 0 aliphatic rings. The number of nitrogens with one attached hydrogen (secondary N) is 1. The molecule has 0 saturated carbocycles. The molecule has 1 atom stereocenters. The molecule has 6 heteroatoms. The number of carbonyl (C=O) groups excluding carboxylic acids is 1. The van der Waals surface area contributed by atoms with Crippen LogP contribution in [0.3, 0.4) is 0 Å². The lowest BCUT2D eigenvalue weighted by molar-refractivity contribution is 0.0928. The van der Waals surface area contributed by atoms with Crippen LogP contribution in [0.4, 0.5) is 8.78 Å². The standard InChI is InChI=1S/C30H23F2N3O/c31-24-13-11-23(12-14-24)28-20-29(35(34-28)26-17-15-25(32)16-18-26)30(36)33-27(22-9-5-2-6-10-22)19-21-7-3-1-4-8-21/h1-18,20,27H,19H2,(H,33,36)/t27-/m0/s1. The fourth-order valence-electron chi connectivity index (χ4n) is 4.10. The summed E-state index contributed by atoms with van der Waals surface area (Å²) in [5, 5.41) is 7.77. The Hall–Kier alpha value is -4.58. The second-order valence-corrected chi connectivity index (χ2v) is 8.44. The molecule has 4 nitrogen and oxygen atoms in total. The van der Waals surface area contributed by atoms with Gasteiger partial charge in [0.2, 0.25) is 0 Å². The van der Waals surface area contributed by atoms with Crippen molar-refractivity contribution in [2.45, 2.75) is 12.5 Å². The van der Waals surface area contributed by atoms with E-state index in [9.17, 15) is 13.6 Å². The fraction of sp³-hybridized carbons (Fsp3) is 0.0667. The lowest BCUT2D eigenvalue weighted by atomic mass is 9.98. The number of carbonyl (C=O) groups is 1. The van der Waals surface area contributed by atoms with E-state index in [0.717, 1.165) is 11.1 Å². The minimum Gasteiger partial charge on any atom is -0.344 e. The average Bonchev–Trinajstić information content (AvgIpc) is 3.36. The summed E-state index contributed by atoms with van der Waals surface area (Å²) < 4.78 is 28.6. The first-order valence-corrected chi connectivity index (χ1v) is 11.6. The number of hydrogen-bond acceptors (Lipinski definition) is 2. The largest absolute Gasteiger partial charge is 0.344 e. The third kappa shape index (κ3) is 5.23. The van der Waals surface area contributed by atoms with Crippen LogP contribution >= 0.6 is 0 Å². The Labute approximate surface area is 207 Å². The fourth-order valence-corrected chi connectivity index (χ4v) is 4.10. The normalized spacial score (nSPS) is 11.7. The van der Waals surface area contributed by atoms with Gasteiger partial charge in [-0.3, -0.25) is 4.79 Å². The Morgan fingerprint density at radius 1 is 0.778 bits per heavy atom. The molecule has 0 fully saturated rings. The number of amides is 1. The van der Waals surface area contributed by atoms with E-state index in [1.807, 2.05) is 60.7 Å². The Morgan fingerprint density at radius 2 is 1.36 bits per heavy atom. The molecule has 1 N–H and O–H groups in total. The molecule has 1 heterocycles. The topological polar surface area (TPSA) is 46.9 Å². The summed E-state index contributed by atoms with van der Waals surface area (Å²) >= 11 is 0. The Balaban J connectivity index is 1.52. The van der Waals surface area contributed by atoms with E-state index in [2.05, 4.69) is 10.4 Å². The van der Waals surface area contributed by atoms with Crippen molar-refractivity contribution in [3.8, 4) is 16.9 Å². The van der Waals surface area contributed by atoms with Crippen LogP contribution in [0.5, 0.6) is 0 Å². The summed E-state index contributed by atoms with van der Waals surface area (Å²) in [5.41, 5.74) is 4.05. The van der Waals surface area contributed by atoms with E-state index in [0.29, 0.717) is 23.4 Å². The maximum Gasteiger partial charge on any atom is 0.270 e. The highest BCUT2D eigenvalue weighted by atomic mass is 19.1. The molecule has 1 amide bonds. The zero-order valence-electron chi connectivity index (χ0n) is 19.3. The van der Waals surface area contributed by atoms with Crippen LogP contribution in [-0.4, -0.2) is 15.7 Å². The minimum atomic E-state index is -0.386. The van der Waals surface area contributed by atoms with Gasteiger partial charge in [-0.2, -0.15) is 5.10 Å². The number of aromatic nitrogens is 2. The van der Waals surface area contributed by atoms with Crippen molar-refractivity contribution in [2.75, 3.05) is 0 Å². The van der Waals surface area contributed by atoms with Gasteiger partial charge in [0.05, 0.1) is 17.4 Å². The maximum atomic E-state index is 13.7. The van der Waals surface area contributed by atoms with Gasteiger partial charge >= 0.3 is 0 Å². The van der Waals surface area contributed by atoms with Gasteiger partial charge in [-0.15, -0.1) is 0 Å². The van der Waals surface area contributed by atoms with Crippen LogP contribution in [0.25, 0.3) is 16.9 Å². The summed E-state index contributed by atoms with van der Waals surface area (Å²) in [5.74, 6) is -1.08. The highest BCUT2D eigenvalue weighted by Crippen LogP contribution is 2.24. The SMILES string of the molecule is O=C(N[C@@H](Cc1ccccc1)c1ccccc1)c1cc(-c2ccc(F)cc2)nn1-c1ccc(F)cc1. The van der Waals surface area contributed by atoms with Gasteiger partial charge in [0, 0.05) is 5.56 Å². The van der Waals surface area contributed by atoms with E-state index >= 15 is 0 Å². The van der Waals surface area contributed by atoms with Gasteiger partial charge in [0.15, 0.2) is 0 Å². The lowest BCUT2D eigenvalue weighted by Crippen LogP contribution is -2.31. The third-order valence-electron chi connectivity index (χ3n) is 5.94. The van der Waals surface area contributed by atoms with Crippen molar-refractivity contribution in [2.24, 2.45) is 0 Å². The second kappa shape index (κ2) is 10.4. The molecule has 0 aliphatic heterocycles. The van der Waals surface area contributed by atoms with E-state index < -0.39 is 0 Å². The quantitative estimate of drug-likeness (QED) is 0.288. The van der Waals surface area contributed by atoms with Gasteiger partial charge in [-0.05, 0) is 72.1 Å². The molecule has 178 valence electrons. The first-order chi connectivity index (χ1) is 17.6. The van der Waals surface area contributed by atoms with Gasteiger partial charge in [-0.25, -0.2) is 13.5 Å². The molecule has 1 aromatic heterocycles. The van der Waals surface area contributed by atoms with Crippen LogP contribution in [0.1, 0.15) is 27.7 Å². The van der Waals surface area contributed by atoms with E-state index in [1.165, 1.54) is 28.9 Å². The molecule has 36 heavy (non-hydrogen) atoms. The lowest BCUT2D eigenvalue weighted by Gasteiger charge is -2.20. The number of benzene rings is 4. The smallest absolute Gasteiger partial charge is 0.270 e. The highest BCUT2D eigenvalue weighted by molar-refractivity contribution is 5.94. The molecular formula is C30H23F2N3O. The Kier molecular flexibility index (Phi) is 6.67. The van der Waals surface area contributed by atoms with Crippen molar-refractivity contribution in [1.82, 2.24) is 15.1 Å². The molecule has 0 radical (unpaired) electrons. The zero-order chi connectivity index (χ0) is 24.9. The van der Waals surface area contributed by atoms with Crippen molar-refractivity contribution in [3.05, 3.63) is 144 Å². The Morgan fingerprint density at radius 3 is 2.00 bits per heavy atom. The molecule has 0 unspecified atom stereocenters. The van der Waals surface area contributed by atoms with Gasteiger partial charge < -0.3 is 5.32 Å². The van der Waals surface area contributed by atoms with Gasteiger partial charge in [0.1, 0.15) is 17.3 Å².